The van der Waals surface area contributed by atoms with Crippen LogP contribution in [0.1, 0.15) is 12.8 Å². The first-order chi connectivity index (χ1) is 5.24. The molecule has 1 aromatic rings. The maximum atomic E-state index is 5.17. The molecule has 1 rings (SSSR count). The number of aryl methyl sites for hydroxylation is 1. The summed E-state index contributed by atoms with van der Waals surface area (Å²) in [4.78, 5) is 7.87. The number of aromatic nitrogens is 1. The van der Waals surface area contributed by atoms with Crippen LogP contribution in [0.4, 0.5) is 0 Å². The highest BCUT2D eigenvalue weighted by molar-refractivity contribution is 5.57. The summed E-state index contributed by atoms with van der Waals surface area (Å²) in [7, 11) is 0. The molecule has 3 heteroatoms. The number of oxazole rings is 1. The van der Waals surface area contributed by atoms with Crippen molar-refractivity contribution in [3.63, 3.8) is 0 Å². The van der Waals surface area contributed by atoms with E-state index in [0.717, 1.165) is 0 Å². The molecule has 0 atom stereocenters. The summed E-state index contributed by atoms with van der Waals surface area (Å²) in [6.45, 7) is 7.30. The fraction of sp³-hybridized carbons (Fsp3) is 0.250. The second-order valence-electron chi connectivity index (χ2n) is 2.08. The fourth-order valence-corrected chi connectivity index (χ4v) is 0.729. The van der Waals surface area contributed by atoms with E-state index in [1.54, 1.807) is 19.3 Å². The van der Waals surface area contributed by atoms with Gasteiger partial charge in [-0.1, -0.05) is 6.58 Å². The molecule has 0 amide bonds. The third-order valence-corrected chi connectivity index (χ3v) is 1.18. The van der Waals surface area contributed by atoms with E-state index in [-0.39, 0.29) is 0 Å². The van der Waals surface area contributed by atoms with Crippen LogP contribution in [0, 0.1) is 6.92 Å². The van der Waals surface area contributed by atoms with E-state index in [4.69, 9.17) is 4.42 Å². The Hall–Kier alpha value is -1.38. The average Bonchev–Trinajstić information content (AvgIpc) is 2.26. The number of rotatable bonds is 1. The zero-order chi connectivity index (χ0) is 8.27. The van der Waals surface area contributed by atoms with Gasteiger partial charge in [-0.05, 0) is 6.92 Å². The Morgan fingerprint density at radius 3 is 2.82 bits per heavy atom. The van der Waals surface area contributed by atoms with Crippen molar-refractivity contribution in [3.8, 4) is 0 Å². The first-order valence-corrected chi connectivity index (χ1v) is 3.34. The van der Waals surface area contributed by atoms with E-state index in [9.17, 15) is 0 Å². The lowest BCUT2D eigenvalue weighted by Gasteiger charge is -1.73. The van der Waals surface area contributed by atoms with Crippen molar-refractivity contribution in [1.82, 2.24) is 4.98 Å². The molecule has 0 fully saturated rings. The zero-order valence-corrected chi connectivity index (χ0v) is 6.66. The first kappa shape index (κ1) is 7.72. The lowest BCUT2D eigenvalue weighted by Crippen LogP contribution is -2.19. The lowest BCUT2D eigenvalue weighted by atomic mass is 10.6. The van der Waals surface area contributed by atoms with Gasteiger partial charge in [-0.3, -0.25) is 4.99 Å². The van der Waals surface area contributed by atoms with E-state index in [0.29, 0.717) is 16.7 Å². The standard InChI is InChI=1S/C8H10N2O/c1-4-9-5-8-6(2)10-7(3)11-8/h4-5H,2H2,1,3H3/b8-5+,9-4-. The summed E-state index contributed by atoms with van der Waals surface area (Å²) in [6, 6.07) is 0. The Morgan fingerprint density at radius 1 is 1.64 bits per heavy atom. The van der Waals surface area contributed by atoms with Gasteiger partial charge in [0.25, 0.3) is 0 Å². The third-order valence-electron chi connectivity index (χ3n) is 1.18. The predicted molar refractivity (Wildman–Crippen MR) is 44.6 cm³/mol. The highest BCUT2D eigenvalue weighted by atomic mass is 16.3. The molecule has 0 bridgehead atoms. The molecular weight excluding hydrogens is 140 g/mol. The van der Waals surface area contributed by atoms with E-state index < -0.39 is 0 Å². The molecule has 0 saturated heterocycles. The summed E-state index contributed by atoms with van der Waals surface area (Å²) in [5, 5.41) is 0.633. The minimum atomic E-state index is 0.618. The van der Waals surface area contributed by atoms with Gasteiger partial charge in [0, 0.05) is 13.1 Å². The maximum Gasteiger partial charge on any atom is 0.192 e. The molecule has 0 saturated carbocycles. The van der Waals surface area contributed by atoms with E-state index >= 15 is 0 Å². The summed E-state index contributed by atoms with van der Waals surface area (Å²) in [6.07, 6.45) is 3.28. The Labute approximate surface area is 64.8 Å². The third kappa shape index (κ3) is 1.77. The van der Waals surface area contributed by atoms with Crippen molar-refractivity contribution in [1.29, 1.82) is 0 Å². The van der Waals surface area contributed by atoms with Crippen molar-refractivity contribution in [2.24, 2.45) is 4.99 Å². The molecule has 0 aliphatic carbocycles. The van der Waals surface area contributed by atoms with Gasteiger partial charge in [0.2, 0.25) is 0 Å². The van der Waals surface area contributed by atoms with Crippen LogP contribution in [0.3, 0.4) is 0 Å². The van der Waals surface area contributed by atoms with Crippen LogP contribution in [0.2, 0.25) is 0 Å². The normalized spacial score (nSPS) is 13.1. The summed E-state index contributed by atoms with van der Waals surface area (Å²) in [5.41, 5.74) is 0.626. The second-order valence-corrected chi connectivity index (χ2v) is 2.08. The van der Waals surface area contributed by atoms with Crippen LogP contribution in [0.25, 0.3) is 12.8 Å². The summed E-state index contributed by atoms with van der Waals surface area (Å²) in [5.74, 6) is 0.618. The maximum absolute atomic E-state index is 5.17. The molecule has 0 aliphatic heterocycles. The highest BCUT2D eigenvalue weighted by Gasteiger charge is 1.90. The topological polar surface area (TPSA) is 38.4 Å². The number of nitrogens with zero attached hydrogens (tertiary/aromatic N) is 2. The van der Waals surface area contributed by atoms with Gasteiger partial charge in [0.15, 0.2) is 11.3 Å². The van der Waals surface area contributed by atoms with Crippen molar-refractivity contribution in [3.05, 3.63) is 16.7 Å². The molecule has 0 spiro atoms. The van der Waals surface area contributed by atoms with Gasteiger partial charge in [-0.2, -0.15) is 0 Å². The van der Waals surface area contributed by atoms with E-state index in [2.05, 4.69) is 16.6 Å². The minimum Gasteiger partial charge on any atom is -0.439 e. The SMILES string of the molecule is C=c1nc(C)o/c1=C/N=C\C. The molecule has 58 valence electrons. The molecule has 0 N–H and O–H groups in total. The Kier molecular flexibility index (Phi) is 2.21. The number of aliphatic imine (C=N–C) groups is 1. The molecule has 0 aromatic carbocycles. The van der Waals surface area contributed by atoms with Crippen LogP contribution in [0.5, 0.6) is 0 Å². The predicted octanol–water partition coefficient (Wildman–Crippen LogP) is 0.222. The fourth-order valence-electron chi connectivity index (χ4n) is 0.729. The van der Waals surface area contributed by atoms with Gasteiger partial charge in [0.05, 0.1) is 6.20 Å². The van der Waals surface area contributed by atoms with Crippen molar-refractivity contribution < 1.29 is 4.42 Å². The smallest absolute Gasteiger partial charge is 0.192 e. The largest absolute Gasteiger partial charge is 0.439 e. The first-order valence-electron chi connectivity index (χ1n) is 3.34. The zero-order valence-electron chi connectivity index (χ0n) is 6.66. The Morgan fingerprint density at radius 2 is 2.36 bits per heavy atom. The van der Waals surface area contributed by atoms with Gasteiger partial charge >= 0.3 is 0 Å². The molecule has 3 nitrogen and oxygen atoms in total. The number of hydrogen-bond donors (Lipinski definition) is 0. The molecule has 0 aliphatic rings. The monoisotopic (exact) mass is 150 g/mol. The number of hydrogen-bond acceptors (Lipinski definition) is 3. The molecule has 0 radical (unpaired) electrons. The van der Waals surface area contributed by atoms with Crippen LogP contribution in [0.15, 0.2) is 9.41 Å². The second kappa shape index (κ2) is 3.14. The van der Waals surface area contributed by atoms with Gasteiger partial charge in [-0.15, -0.1) is 0 Å². The molecule has 11 heavy (non-hydrogen) atoms. The van der Waals surface area contributed by atoms with Crippen molar-refractivity contribution in [2.75, 3.05) is 0 Å². The van der Waals surface area contributed by atoms with Crippen molar-refractivity contribution >= 4 is 19.0 Å². The minimum absolute atomic E-state index is 0.618. The van der Waals surface area contributed by atoms with E-state index in [1.165, 1.54) is 0 Å². The molecule has 1 aromatic heterocycles. The van der Waals surface area contributed by atoms with Crippen LogP contribution >= 0.6 is 0 Å². The van der Waals surface area contributed by atoms with Gasteiger partial charge in [-0.25, -0.2) is 4.98 Å². The Bertz CT molecular complexity index is 362. The van der Waals surface area contributed by atoms with Crippen LogP contribution < -0.4 is 10.8 Å². The highest BCUT2D eigenvalue weighted by Crippen LogP contribution is 1.78. The Balaban J connectivity index is 3.23. The van der Waals surface area contributed by atoms with Crippen molar-refractivity contribution in [2.45, 2.75) is 13.8 Å². The van der Waals surface area contributed by atoms with Crippen LogP contribution in [-0.2, 0) is 0 Å². The molecule has 1 heterocycles. The average molecular weight is 150 g/mol. The lowest BCUT2D eigenvalue weighted by molar-refractivity contribution is 0.491. The van der Waals surface area contributed by atoms with Gasteiger partial charge < -0.3 is 4.42 Å². The quantitative estimate of drug-likeness (QED) is 0.537. The molecule has 0 unspecified atom stereocenters. The van der Waals surface area contributed by atoms with E-state index in [1.807, 2.05) is 6.92 Å². The van der Waals surface area contributed by atoms with Crippen LogP contribution in [-0.4, -0.2) is 11.2 Å². The summed E-state index contributed by atoms with van der Waals surface area (Å²) < 4.78 is 5.17. The summed E-state index contributed by atoms with van der Waals surface area (Å²) >= 11 is 0. The molecular formula is C8H10N2O. The van der Waals surface area contributed by atoms with Gasteiger partial charge in [0.1, 0.15) is 5.35 Å².